The van der Waals surface area contributed by atoms with Crippen LogP contribution in [0, 0.1) is 19.3 Å². The number of anilines is 2. The number of furan rings is 1. The SMILES string of the molecule is Cc1ccc(S(=O)(=O)Nc2ccc(NC(=O)c3oc4c(c3C)C(=O)CC(C)(C)C4)cc2)cc1. The van der Waals surface area contributed by atoms with Crippen molar-refractivity contribution < 1.29 is 22.4 Å². The molecule has 0 fully saturated rings. The Balaban J connectivity index is 1.48. The zero-order valence-electron chi connectivity index (χ0n) is 19.0. The number of hydrogen-bond acceptors (Lipinski definition) is 5. The van der Waals surface area contributed by atoms with Gasteiger partial charge in [-0.2, -0.15) is 0 Å². The first-order valence-corrected chi connectivity index (χ1v) is 12.1. The fourth-order valence-electron chi connectivity index (χ4n) is 4.04. The van der Waals surface area contributed by atoms with E-state index >= 15 is 0 Å². The van der Waals surface area contributed by atoms with Crippen molar-refractivity contribution in [1.82, 2.24) is 0 Å². The van der Waals surface area contributed by atoms with Crippen molar-refractivity contribution in [1.29, 1.82) is 0 Å². The minimum Gasteiger partial charge on any atom is -0.455 e. The van der Waals surface area contributed by atoms with Crippen LogP contribution in [0.15, 0.2) is 57.8 Å². The molecule has 0 saturated carbocycles. The van der Waals surface area contributed by atoms with E-state index in [-0.39, 0.29) is 21.9 Å². The first-order chi connectivity index (χ1) is 15.4. The summed E-state index contributed by atoms with van der Waals surface area (Å²) in [5, 5.41) is 2.75. The van der Waals surface area contributed by atoms with Crippen LogP contribution >= 0.6 is 0 Å². The molecular weight excluding hydrogens is 440 g/mol. The van der Waals surface area contributed by atoms with Gasteiger partial charge in [0, 0.05) is 29.8 Å². The van der Waals surface area contributed by atoms with Crippen LogP contribution in [-0.4, -0.2) is 20.1 Å². The molecule has 1 heterocycles. The van der Waals surface area contributed by atoms with Crippen LogP contribution in [0.5, 0.6) is 0 Å². The Bertz CT molecular complexity index is 1330. The number of hydrogen-bond donors (Lipinski definition) is 2. The molecule has 3 aromatic rings. The number of carbonyl (C=O) groups excluding carboxylic acids is 2. The van der Waals surface area contributed by atoms with E-state index in [1.165, 1.54) is 0 Å². The van der Waals surface area contributed by atoms with E-state index < -0.39 is 15.9 Å². The van der Waals surface area contributed by atoms with E-state index in [4.69, 9.17) is 4.42 Å². The minimum atomic E-state index is -3.72. The maximum Gasteiger partial charge on any atom is 0.291 e. The van der Waals surface area contributed by atoms with Crippen molar-refractivity contribution in [3.63, 3.8) is 0 Å². The fraction of sp³-hybridized carbons (Fsp3) is 0.280. The Hall–Kier alpha value is -3.39. The van der Waals surface area contributed by atoms with E-state index in [2.05, 4.69) is 10.0 Å². The highest BCUT2D eigenvalue weighted by atomic mass is 32.2. The predicted molar refractivity (Wildman–Crippen MR) is 126 cm³/mol. The molecule has 0 radical (unpaired) electrons. The lowest BCUT2D eigenvalue weighted by Crippen LogP contribution is -2.26. The number of sulfonamides is 1. The number of carbonyl (C=O) groups is 2. The van der Waals surface area contributed by atoms with Crippen molar-refractivity contribution in [2.75, 3.05) is 10.0 Å². The van der Waals surface area contributed by atoms with Gasteiger partial charge >= 0.3 is 0 Å². The molecule has 172 valence electrons. The zero-order chi connectivity index (χ0) is 24.0. The Labute approximate surface area is 193 Å². The third kappa shape index (κ3) is 4.71. The Morgan fingerprint density at radius 2 is 1.55 bits per heavy atom. The van der Waals surface area contributed by atoms with E-state index in [0.29, 0.717) is 41.1 Å². The van der Waals surface area contributed by atoms with Gasteiger partial charge in [0.15, 0.2) is 11.5 Å². The van der Waals surface area contributed by atoms with Gasteiger partial charge in [-0.1, -0.05) is 31.5 Å². The molecule has 1 aromatic heterocycles. The second kappa shape index (κ2) is 8.19. The van der Waals surface area contributed by atoms with Crippen LogP contribution in [0.2, 0.25) is 0 Å². The number of rotatable bonds is 5. The van der Waals surface area contributed by atoms with Crippen LogP contribution in [0.4, 0.5) is 11.4 Å². The molecule has 0 unspecified atom stereocenters. The molecule has 4 rings (SSSR count). The zero-order valence-corrected chi connectivity index (χ0v) is 19.8. The van der Waals surface area contributed by atoms with Gasteiger partial charge in [-0.3, -0.25) is 14.3 Å². The van der Waals surface area contributed by atoms with Gasteiger partial charge < -0.3 is 9.73 Å². The molecule has 8 heteroatoms. The summed E-state index contributed by atoms with van der Waals surface area (Å²) >= 11 is 0. The Kier molecular flexibility index (Phi) is 5.66. The normalized spacial score (nSPS) is 15.1. The van der Waals surface area contributed by atoms with E-state index in [1.54, 1.807) is 55.5 Å². The number of benzene rings is 2. The summed E-state index contributed by atoms with van der Waals surface area (Å²) in [4.78, 5) is 25.5. The third-order valence-electron chi connectivity index (χ3n) is 5.71. The summed E-state index contributed by atoms with van der Waals surface area (Å²) in [5.41, 5.74) is 2.66. The summed E-state index contributed by atoms with van der Waals surface area (Å²) in [6.45, 7) is 7.60. The van der Waals surface area contributed by atoms with Crippen LogP contribution in [0.25, 0.3) is 0 Å². The van der Waals surface area contributed by atoms with Crippen LogP contribution in [-0.2, 0) is 16.4 Å². The predicted octanol–water partition coefficient (Wildman–Crippen LogP) is 5.10. The average molecular weight is 467 g/mol. The first kappa shape index (κ1) is 22.8. The summed E-state index contributed by atoms with van der Waals surface area (Å²) in [6, 6.07) is 12.9. The monoisotopic (exact) mass is 466 g/mol. The highest BCUT2D eigenvalue weighted by Gasteiger charge is 2.37. The summed E-state index contributed by atoms with van der Waals surface area (Å²) in [6.07, 6.45) is 1.01. The Morgan fingerprint density at radius 3 is 2.18 bits per heavy atom. The Morgan fingerprint density at radius 1 is 0.939 bits per heavy atom. The molecule has 1 aliphatic rings. The standard InChI is InChI=1S/C25H26N2O5S/c1-15-5-11-19(12-6-15)33(30,31)27-18-9-7-17(8-10-18)26-24(29)23-16(2)22-20(28)13-25(3,4)14-21(22)32-23/h5-12,27H,13-14H2,1-4H3,(H,26,29). The average Bonchev–Trinajstić information content (AvgIpc) is 3.05. The van der Waals surface area contributed by atoms with Gasteiger partial charge in [-0.15, -0.1) is 0 Å². The second-order valence-corrected chi connectivity index (χ2v) is 10.9. The molecule has 0 aliphatic heterocycles. The van der Waals surface area contributed by atoms with Crippen molar-refractivity contribution in [2.24, 2.45) is 5.41 Å². The van der Waals surface area contributed by atoms with Gasteiger partial charge in [0.05, 0.1) is 10.5 Å². The van der Waals surface area contributed by atoms with Gasteiger partial charge in [0.2, 0.25) is 0 Å². The van der Waals surface area contributed by atoms with Gasteiger partial charge in [-0.25, -0.2) is 8.42 Å². The lowest BCUT2D eigenvalue weighted by atomic mass is 9.76. The molecule has 1 amide bonds. The van der Waals surface area contributed by atoms with Gasteiger partial charge in [0.1, 0.15) is 5.76 Å². The van der Waals surface area contributed by atoms with E-state index in [1.807, 2.05) is 20.8 Å². The minimum absolute atomic E-state index is 0.00763. The van der Waals surface area contributed by atoms with E-state index in [9.17, 15) is 18.0 Å². The lowest BCUT2D eigenvalue weighted by molar-refractivity contribution is 0.0898. The topological polar surface area (TPSA) is 105 Å². The number of Topliss-reactive ketones (excluding diaryl/α,β-unsaturated/α-hetero) is 1. The highest BCUT2D eigenvalue weighted by molar-refractivity contribution is 7.92. The van der Waals surface area contributed by atoms with Gasteiger partial charge in [0.25, 0.3) is 15.9 Å². The molecule has 0 atom stereocenters. The number of nitrogens with one attached hydrogen (secondary N) is 2. The van der Waals surface area contributed by atoms with Crippen molar-refractivity contribution in [2.45, 2.75) is 45.4 Å². The van der Waals surface area contributed by atoms with Crippen molar-refractivity contribution >= 4 is 33.1 Å². The molecule has 2 aromatic carbocycles. The maximum absolute atomic E-state index is 12.8. The van der Waals surface area contributed by atoms with Crippen molar-refractivity contribution in [3.8, 4) is 0 Å². The van der Waals surface area contributed by atoms with E-state index in [0.717, 1.165) is 5.56 Å². The molecule has 33 heavy (non-hydrogen) atoms. The lowest BCUT2D eigenvalue weighted by Gasteiger charge is -2.27. The second-order valence-electron chi connectivity index (χ2n) is 9.25. The molecule has 0 spiro atoms. The van der Waals surface area contributed by atoms with Crippen LogP contribution in [0.1, 0.15) is 58.1 Å². The largest absolute Gasteiger partial charge is 0.455 e. The van der Waals surface area contributed by atoms with Crippen LogP contribution < -0.4 is 10.0 Å². The number of fused-ring (bicyclic) bond motifs is 1. The quantitative estimate of drug-likeness (QED) is 0.544. The molecule has 1 aliphatic carbocycles. The molecular formula is C25H26N2O5S. The third-order valence-corrected chi connectivity index (χ3v) is 7.11. The molecule has 0 saturated heterocycles. The maximum atomic E-state index is 12.8. The molecule has 0 bridgehead atoms. The first-order valence-electron chi connectivity index (χ1n) is 10.6. The molecule has 2 N–H and O–H groups in total. The molecule has 7 nitrogen and oxygen atoms in total. The highest BCUT2D eigenvalue weighted by Crippen LogP contribution is 2.38. The number of ketones is 1. The summed E-state index contributed by atoms with van der Waals surface area (Å²) in [5.74, 6) is 0.210. The smallest absolute Gasteiger partial charge is 0.291 e. The van der Waals surface area contributed by atoms with Crippen molar-refractivity contribution in [3.05, 3.63) is 76.7 Å². The fourth-order valence-corrected chi connectivity index (χ4v) is 5.10. The van der Waals surface area contributed by atoms with Crippen LogP contribution in [0.3, 0.4) is 0 Å². The number of amides is 1. The summed E-state index contributed by atoms with van der Waals surface area (Å²) < 4.78 is 33.4. The number of aryl methyl sites for hydroxylation is 1. The van der Waals surface area contributed by atoms with Gasteiger partial charge in [-0.05, 0) is 55.7 Å². The summed E-state index contributed by atoms with van der Waals surface area (Å²) in [7, 11) is -3.72.